The van der Waals surface area contributed by atoms with Crippen molar-refractivity contribution in [1.82, 2.24) is 4.90 Å². The molecule has 7 heteroatoms. The quantitative estimate of drug-likeness (QED) is 0.264. The van der Waals surface area contributed by atoms with Crippen LogP contribution in [0.25, 0.3) is 0 Å². The van der Waals surface area contributed by atoms with E-state index in [-0.39, 0.29) is 78.0 Å². The van der Waals surface area contributed by atoms with E-state index in [1.165, 1.54) is 0 Å². The number of carbonyl (C=O) groups excluding carboxylic acids is 2. The zero-order valence-corrected chi connectivity index (χ0v) is 18.0. The Labute approximate surface area is 172 Å². The van der Waals surface area contributed by atoms with Gasteiger partial charge in [-0.05, 0) is 25.8 Å². The minimum Gasteiger partial charge on any atom is -0.550 e. The van der Waals surface area contributed by atoms with Crippen LogP contribution in [0.4, 0.5) is 0 Å². The van der Waals surface area contributed by atoms with Crippen LogP contribution < -0.4 is 69.3 Å². The SMILES string of the molecule is CCCCCCN(CCC(=O)[O-])C(CC)CC(=O)[O-].[Na+].[Na+]. The third kappa shape index (κ3) is 15.6. The van der Waals surface area contributed by atoms with Crippen LogP contribution in [-0.2, 0) is 9.59 Å². The van der Waals surface area contributed by atoms with Crippen LogP contribution in [0.1, 0.15) is 58.8 Å². The number of carboxylic acid groups (broad SMARTS) is 2. The number of unbranched alkanes of at least 4 members (excludes halogenated alkanes) is 3. The van der Waals surface area contributed by atoms with Crippen molar-refractivity contribution in [2.45, 2.75) is 64.8 Å². The van der Waals surface area contributed by atoms with Crippen LogP contribution in [0.5, 0.6) is 0 Å². The zero-order valence-electron chi connectivity index (χ0n) is 14.0. The number of hydrogen-bond acceptors (Lipinski definition) is 5. The van der Waals surface area contributed by atoms with Gasteiger partial charge in [-0.25, -0.2) is 0 Å². The summed E-state index contributed by atoms with van der Waals surface area (Å²) in [4.78, 5) is 23.2. The maximum Gasteiger partial charge on any atom is 1.00 e. The topological polar surface area (TPSA) is 83.5 Å². The van der Waals surface area contributed by atoms with E-state index in [9.17, 15) is 19.8 Å². The first-order valence-electron chi connectivity index (χ1n) is 7.14. The fourth-order valence-corrected chi connectivity index (χ4v) is 2.18. The molecule has 0 radical (unpaired) electrons. The molecule has 0 aromatic heterocycles. The van der Waals surface area contributed by atoms with Gasteiger partial charge in [-0.15, -0.1) is 0 Å². The van der Waals surface area contributed by atoms with Crippen LogP contribution in [0.2, 0.25) is 0 Å². The van der Waals surface area contributed by atoms with Gasteiger partial charge in [-0.2, -0.15) is 0 Å². The molecule has 0 spiro atoms. The molecule has 0 N–H and O–H groups in total. The van der Waals surface area contributed by atoms with Crippen molar-refractivity contribution in [2.24, 2.45) is 0 Å². The second kappa shape index (κ2) is 17.3. The van der Waals surface area contributed by atoms with Gasteiger partial charge in [0.1, 0.15) is 0 Å². The van der Waals surface area contributed by atoms with Crippen LogP contribution in [-0.4, -0.2) is 36.0 Å². The number of carbonyl (C=O) groups is 2. The smallest absolute Gasteiger partial charge is 0.550 e. The molecule has 21 heavy (non-hydrogen) atoms. The minimum atomic E-state index is -1.10. The van der Waals surface area contributed by atoms with Gasteiger partial charge in [-0.1, -0.05) is 33.1 Å². The first-order chi connectivity index (χ1) is 9.01. The Kier molecular flexibility index (Phi) is 22.0. The number of carboxylic acids is 2. The van der Waals surface area contributed by atoms with Crippen molar-refractivity contribution in [3.05, 3.63) is 0 Å². The summed E-state index contributed by atoms with van der Waals surface area (Å²) in [7, 11) is 0. The summed E-state index contributed by atoms with van der Waals surface area (Å²) in [5.74, 6) is -2.18. The van der Waals surface area contributed by atoms with Gasteiger partial charge in [0.25, 0.3) is 0 Å². The van der Waals surface area contributed by atoms with Crippen molar-refractivity contribution in [1.29, 1.82) is 0 Å². The van der Waals surface area contributed by atoms with Crippen molar-refractivity contribution < 1.29 is 78.9 Å². The molecule has 0 heterocycles. The van der Waals surface area contributed by atoms with Gasteiger partial charge in [0.15, 0.2) is 0 Å². The van der Waals surface area contributed by atoms with Crippen molar-refractivity contribution >= 4 is 11.9 Å². The summed E-state index contributed by atoms with van der Waals surface area (Å²) < 4.78 is 0. The molecule has 0 aliphatic heterocycles. The molecule has 0 aliphatic carbocycles. The molecule has 0 fully saturated rings. The average molecular weight is 317 g/mol. The summed E-state index contributed by atoms with van der Waals surface area (Å²) in [5.41, 5.74) is 0. The maximum absolute atomic E-state index is 10.7. The Morgan fingerprint density at radius 2 is 1.57 bits per heavy atom. The Hall–Kier alpha value is 0.900. The second-order valence-electron chi connectivity index (χ2n) is 4.86. The number of nitrogens with zero attached hydrogens (tertiary/aromatic N) is 1. The summed E-state index contributed by atoms with van der Waals surface area (Å²) in [6.45, 7) is 5.11. The molecule has 1 atom stereocenters. The largest absolute Gasteiger partial charge is 1.00 e. The molecule has 0 aliphatic rings. The molecule has 0 aromatic rings. The molecular weight excluding hydrogens is 292 g/mol. The minimum absolute atomic E-state index is 0. The molecule has 5 nitrogen and oxygen atoms in total. The van der Waals surface area contributed by atoms with E-state index in [0.29, 0.717) is 13.0 Å². The number of hydrogen-bond donors (Lipinski definition) is 0. The Bertz CT molecular complexity index is 278. The van der Waals surface area contributed by atoms with E-state index in [1.54, 1.807) is 0 Å². The van der Waals surface area contributed by atoms with Crippen LogP contribution in [0.3, 0.4) is 0 Å². The maximum atomic E-state index is 10.7. The second-order valence-corrected chi connectivity index (χ2v) is 4.86. The third-order valence-electron chi connectivity index (χ3n) is 3.29. The first-order valence-corrected chi connectivity index (χ1v) is 7.14. The van der Waals surface area contributed by atoms with Crippen molar-refractivity contribution in [3.8, 4) is 0 Å². The molecule has 1 unspecified atom stereocenters. The molecule has 0 amide bonds. The van der Waals surface area contributed by atoms with Crippen LogP contribution in [0, 0.1) is 0 Å². The number of rotatable bonds is 12. The van der Waals surface area contributed by atoms with E-state index in [2.05, 4.69) is 6.92 Å². The van der Waals surface area contributed by atoms with Crippen molar-refractivity contribution in [3.63, 3.8) is 0 Å². The van der Waals surface area contributed by atoms with Crippen LogP contribution >= 0.6 is 0 Å². The van der Waals surface area contributed by atoms with E-state index >= 15 is 0 Å². The Morgan fingerprint density at radius 3 is 2.00 bits per heavy atom. The molecule has 0 aromatic carbocycles. The van der Waals surface area contributed by atoms with Crippen LogP contribution in [0.15, 0.2) is 0 Å². The normalized spacial score (nSPS) is 11.4. The predicted molar refractivity (Wildman–Crippen MR) is 69.0 cm³/mol. The van der Waals surface area contributed by atoms with Gasteiger partial charge in [0.2, 0.25) is 0 Å². The van der Waals surface area contributed by atoms with Gasteiger partial charge in [-0.3, -0.25) is 4.90 Å². The van der Waals surface area contributed by atoms with E-state index in [1.807, 2.05) is 11.8 Å². The molecule has 0 bridgehead atoms. The van der Waals surface area contributed by atoms with Gasteiger partial charge < -0.3 is 19.8 Å². The first kappa shape index (κ1) is 26.8. The molecular formula is C14H25NNa2O4. The summed E-state index contributed by atoms with van der Waals surface area (Å²) in [6, 6.07) is -0.147. The van der Waals surface area contributed by atoms with Crippen molar-refractivity contribution in [2.75, 3.05) is 13.1 Å². The van der Waals surface area contributed by atoms with Gasteiger partial charge >= 0.3 is 59.1 Å². The Balaban J connectivity index is -0.00000162. The summed E-state index contributed by atoms with van der Waals surface area (Å²) in [6.07, 6.45) is 4.90. The van der Waals surface area contributed by atoms with Gasteiger partial charge in [0, 0.05) is 30.9 Å². The molecule has 0 rings (SSSR count). The zero-order chi connectivity index (χ0) is 14.7. The fraction of sp³-hybridized carbons (Fsp3) is 0.857. The summed E-state index contributed by atoms with van der Waals surface area (Å²) >= 11 is 0. The van der Waals surface area contributed by atoms with E-state index in [0.717, 1.165) is 32.2 Å². The standard InChI is InChI=1S/C14H27NO4.2Na/c1-3-5-6-7-9-15(10-8-13(16)17)12(4-2)11-14(18)19;;/h12H,3-11H2,1-2H3,(H,16,17)(H,18,19);;/q;2*+1/p-2. The monoisotopic (exact) mass is 317 g/mol. The summed E-state index contributed by atoms with van der Waals surface area (Å²) in [5, 5.41) is 21.3. The van der Waals surface area contributed by atoms with E-state index in [4.69, 9.17) is 0 Å². The molecule has 112 valence electrons. The molecule has 0 saturated carbocycles. The average Bonchev–Trinajstić information content (AvgIpc) is 2.35. The fourth-order valence-electron chi connectivity index (χ4n) is 2.18. The predicted octanol–water partition coefficient (Wildman–Crippen LogP) is -6.06. The number of aliphatic carboxylic acids is 2. The van der Waals surface area contributed by atoms with Gasteiger partial charge in [0.05, 0.1) is 0 Å². The third-order valence-corrected chi connectivity index (χ3v) is 3.29. The van der Waals surface area contributed by atoms with E-state index < -0.39 is 11.9 Å². The molecule has 0 saturated heterocycles. The Morgan fingerprint density at radius 1 is 0.952 bits per heavy atom.